The van der Waals surface area contributed by atoms with Crippen LogP contribution in [0.5, 0.6) is 5.75 Å². The van der Waals surface area contributed by atoms with Gasteiger partial charge in [0, 0.05) is 42.7 Å². The van der Waals surface area contributed by atoms with Gasteiger partial charge in [-0.25, -0.2) is 0 Å². The SMILES string of the molecule is O=C(Nc1c(Cl)cncc1Cl)C(=O)c1cn(Cc2ccc([N+](=O)[O-])cc2)c2c(O)cccc12. The van der Waals surface area contributed by atoms with E-state index in [4.69, 9.17) is 23.2 Å². The van der Waals surface area contributed by atoms with Gasteiger partial charge >= 0.3 is 0 Å². The molecule has 2 aromatic carbocycles. The number of aromatic nitrogens is 2. The third-order valence-corrected chi connectivity index (χ3v) is 5.49. The van der Waals surface area contributed by atoms with Crippen molar-refractivity contribution in [2.24, 2.45) is 0 Å². The minimum absolute atomic E-state index is 0.0556. The van der Waals surface area contributed by atoms with E-state index >= 15 is 0 Å². The number of nitrogens with one attached hydrogen (secondary N) is 1. The molecule has 11 heteroatoms. The molecule has 0 fully saturated rings. The number of nitro benzene ring substituents is 1. The minimum Gasteiger partial charge on any atom is -0.506 e. The van der Waals surface area contributed by atoms with Crippen LogP contribution in [-0.4, -0.2) is 31.3 Å². The van der Waals surface area contributed by atoms with Gasteiger partial charge in [0.25, 0.3) is 17.4 Å². The van der Waals surface area contributed by atoms with Crippen molar-refractivity contribution in [1.82, 2.24) is 9.55 Å². The fourth-order valence-electron chi connectivity index (χ4n) is 3.39. The number of anilines is 1. The van der Waals surface area contributed by atoms with Crippen LogP contribution in [0.15, 0.2) is 61.1 Å². The number of hydrogen-bond acceptors (Lipinski definition) is 6. The van der Waals surface area contributed by atoms with Gasteiger partial charge in [0.15, 0.2) is 0 Å². The highest BCUT2D eigenvalue weighted by Crippen LogP contribution is 2.32. The van der Waals surface area contributed by atoms with E-state index < -0.39 is 16.6 Å². The summed E-state index contributed by atoms with van der Waals surface area (Å²) in [6, 6.07) is 10.5. The number of nitrogens with zero attached hydrogens (tertiary/aromatic N) is 3. The van der Waals surface area contributed by atoms with E-state index in [1.54, 1.807) is 28.8 Å². The monoisotopic (exact) mass is 484 g/mol. The predicted molar refractivity (Wildman–Crippen MR) is 123 cm³/mol. The number of carbonyl (C=O) groups excluding carboxylic acids is 2. The maximum atomic E-state index is 13.0. The van der Waals surface area contributed by atoms with Crippen molar-refractivity contribution in [3.05, 3.63) is 92.3 Å². The third kappa shape index (κ3) is 4.36. The highest BCUT2D eigenvalue weighted by molar-refractivity contribution is 6.50. The molecule has 0 aliphatic rings. The number of benzene rings is 2. The molecule has 2 N–H and O–H groups in total. The minimum atomic E-state index is -0.970. The molecule has 1 amide bonds. The molecule has 4 aromatic rings. The lowest BCUT2D eigenvalue weighted by Gasteiger charge is -2.07. The zero-order valence-corrected chi connectivity index (χ0v) is 18.2. The lowest BCUT2D eigenvalue weighted by molar-refractivity contribution is -0.384. The molecule has 33 heavy (non-hydrogen) atoms. The molecule has 166 valence electrons. The fraction of sp³-hybridized carbons (Fsp3) is 0.0455. The Morgan fingerprint density at radius 1 is 1.09 bits per heavy atom. The second-order valence-electron chi connectivity index (χ2n) is 7.03. The highest BCUT2D eigenvalue weighted by Gasteiger charge is 2.24. The molecule has 2 heterocycles. The summed E-state index contributed by atoms with van der Waals surface area (Å²) in [5, 5.41) is 24.2. The number of phenolic OH excluding ortho intramolecular Hbond substituents is 1. The average molecular weight is 485 g/mol. The summed E-state index contributed by atoms with van der Waals surface area (Å²) in [4.78, 5) is 39.8. The van der Waals surface area contributed by atoms with Crippen molar-refractivity contribution < 1.29 is 19.6 Å². The van der Waals surface area contributed by atoms with Gasteiger partial charge < -0.3 is 15.0 Å². The predicted octanol–water partition coefficient (Wildman–Crippen LogP) is 4.83. The maximum Gasteiger partial charge on any atom is 0.296 e. The molecular formula is C22H14Cl2N4O5. The van der Waals surface area contributed by atoms with Crippen molar-refractivity contribution in [3.63, 3.8) is 0 Å². The molecule has 9 nitrogen and oxygen atoms in total. The van der Waals surface area contributed by atoms with Crippen molar-refractivity contribution in [3.8, 4) is 5.75 Å². The van der Waals surface area contributed by atoms with Crippen LogP contribution in [0.2, 0.25) is 10.0 Å². The average Bonchev–Trinajstić information content (AvgIpc) is 3.15. The van der Waals surface area contributed by atoms with Crippen LogP contribution in [0.3, 0.4) is 0 Å². The quantitative estimate of drug-likeness (QED) is 0.174. The summed E-state index contributed by atoms with van der Waals surface area (Å²) in [6.45, 7) is 0.197. The number of halogens is 2. The van der Waals surface area contributed by atoms with Crippen LogP contribution in [0.1, 0.15) is 15.9 Å². The van der Waals surface area contributed by atoms with Gasteiger partial charge in [-0.2, -0.15) is 0 Å². The first-order valence-electron chi connectivity index (χ1n) is 9.45. The van der Waals surface area contributed by atoms with E-state index in [1.807, 2.05) is 0 Å². The van der Waals surface area contributed by atoms with E-state index in [1.165, 1.54) is 36.8 Å². The van der Waals surface area contributed by atoms with Gasteiger partial charge in [-0.3, -0.25) is 24.7 Å². The molecule has 0 atom stereocenters. The molecule has 0 spiro atoms. The number of hydrogen-bond donors (Lipinski definition) is 2. The fourth-order valence-corrected chi connectivity index (χ4v) is 3.85. The van der Waals surface area contributed by atoms with Gasteiger partial charge in [0.2, 0.25) is 0 Å². The number of phenols is 1. The van der Waals surface area contributed by atoms with E-state index in [0.717, 1.165) is 0 Å². The number of non-ortho nitro benzene ring substituents is 1. The van der Waals surface area contributed by atoms with Crippen LogP contribution in [0, 0.1) is 10.1 Å². The summed E-state index contributed by atoms with van der Waals surface area (Å²) in [5.41, 5.74) is 1.09. The molecule has 0 bridgehead atoms. The van der Waals surface area contributed by atoms with Crippen LogP contribution in [-0.2, 0) is 11.3 Å². The number of rotatable bonds is 6. The lowest BCUT2D eigenvalue weighted by Crippen LogP contribution is -2.23. The van der Waals surface area contributed by atoms with Gasteiger partial charge in [-0.15, -0.1) is 0 Å². The second kappa shape index (κ2) is 8.89. The van der Waals surface area contributed by atoms with Gasteiger partial charge in [0.05, 0.1) is 31.7 Å². The molecule has 0 aliphatic heterocycles. The Kier molecular flexibility index (Phi) is 5.99. The third-order valence-electron chi connectivity index (χ3n) is 4.92. The summed E-state index contributed by atoms with van der Waals surface area (Å²) < 4.78 is 1.60. The Hall–Kier alpha value is -3.95. The summed E-state index contributed by atoms with van der Waals surface area (Å²) in [7, 11) is 0. The van der Waals surface area contributed by atoms with E-state index in [0.29, 0.717) is 16.5 Å². The molecule has 0 radical (unpaired) electrons. The van der Waals surface area contributed by atoms with Crippen molar-refractivity contribution in [2.45, 2.75) is 6.54 Å². The molecule has 0 unspecified atom stereocenters. The first-order valence-corrected chi connectivity index (χ1v) is 10.2. The number of carbonyl (C=O) groups is 2. The first kappa shape index (κ1) is 22.3. The molecule has 2 aromatic heterocycles. The summed E-state index contributed by atoms with van der Waals surface area (Å²) in [6.07, 6.45) is 4.01. The van der Waals surface area contributed by atoms with Gasteiger partial charge in [-0.1, -0.05) is 47.5 Å². The normalized spacial score (nSPS) is 10.8. The standard InChI is InChI=1S/C22H14Cl2N4O5/c23-16-8-25-9-17(24)19(16)26-22(31)21(30)15-11-27(20-14(15)2-1-3-18(20)29)10-12-4-6-13(7-5-12)28(32)33/h1-9,11,29H,10H2,(H,25,26,31). The van der Waals surface area contributed by atoms with Crippen LogP contribution in [0.4, 0.5) is 11.4 Å². The number of amides is 1. The Morgan fingerprint density at radius 2 is 1.76 bits per heavy atom. The second-order valence-corrected chi connectivity index (χ2v) is 7.84. The van der Waals surface area contributed by atoms with E-state index in [-0.39, 0.29) is 39.3 Å². The number of para-hydroxylation sites is 1. The molecular weight excluding hydrogens is 471 g/mol. The number of nitro groups is 1. The molecule has 0 saturated heterocycles. The zero-order chi connectivity index (χ0) is 23.7. The number of aromatic hydroxyl groups is 1. The Balaban J connectivity index is 1.70. The Labute approximate surface area is 196 Å². The van der Waals surface area contributed by atoms with E-state index in [9.17, 15) is 24.8 Å². The zero-order valence-electron chi connectivity index (χ0n) is 16.7. The van der Waals surface area contributed by atoms with Gasteiger partial charge in [-0.05, 0) is 11.6 Å². The largest absolute Gasteiger partial charge is 0.506 e. The van der Waals surface area contributed by atoms with Crippen LogP contribution in [0.25, 0.3) is 10.9 Å². The smallest absolute Gasteiger partial charge is 0.296 e. The maximum absolute atomic E-state index is 13.0. The van der Waals surface area contributed by atoms with Crippen molar-refractivity contribution in [1.29, 1.82) is 0 Å². The van der Waals surface area contributed by atoms with Crippen LogP contribution < -0.4 is 5.32 Å². The van der Waals surface area contributed by atoms with Crippen molar-refractivity contribution in [2.75, 3.05) is 5.32 Å². The topological polar surface area (TPSA) is 127 Å². The van der Waals surface area contributed by atoms with Gasteiger partial charge in [0.1, 0.15) is 5.75 Å². The molecule has 4 rings (SSSR count). The van der Waals surface area contributed by atoms with Crippen molar-refractivity contribution >= 4 is 57.2 Å². The first-order chi connectivity index (χ1) is 15.8. The van der Waals surface area contributed by atoms with Crippen LogP contribution >= 0.6 is 23.2 Å². The number of pyridine rings is 1. The molecule has 0 saturated carbocycles. The lowest BCUT2D eigenvalue weighted by atomic mass is 10.1. The highest BCUT2D eigenvalue weighted by atomic mass is 35.5. The summed E-state index contributed by atoms with van der Waals surface area (Å²) in [5.74, 6) is -1.92. The van der Waals surface area contributed by atoms with E-state index in [2.05, 4.69) is 10.3 Å². The Morgan fingerprint density at radius 3 is 2.39 bits per heavy atom. The Bertz CT molecular complexity index is 1400. The number of Topliss-reactive ketones (excluding diaryl/α,β-unsaturated/α-hetero) is 1. The number of fused-ring (bicyclic) bond motifs is 1. The number of ketones is 1. The molecule has 0 aliphatic carbocycles. The summed E-state index contributed by atoms with van der Waals surface area (Å²) >= 11 is 12.0.